The van der Waals surface area contributed by atoms with E-state index >= 15 is 35.1 Å². The molecule has 488 valence electrons. The quantitative estimate of drug-likeness (QED) is 0.0101. The van der Waals surface area contributed by atoms with Gasteiger partial charge in [0.2, 0.25) is 0 Å². The highest BCUT2D eigenvalue weighted by Crippen LogP contribution is 2.31. The number of H-pyrrole nitrogens is 1. The van der Waals surface area contributed by atoms with Crippen LogP contribution in [0.25, 0.3) is 11.0 Å². The summed E-state index contributed by atoms with van der Waals surface area (Å²) in [4.78, 5) is 3.78. The van der Waals surface area contributed by atoms with E-state index in [0.29, 0.717) is 0 Å². The summed E-state index contributed by atoms with van der Waals surface area (Å²) in [7, 11) is 0. The molecule has 6 rings (SSSR count). The normalized spacial score (nSPS) is 11.8. The Balaban J connectivity index is 0.000000321. The largest absolute Gasteiger partial charge is 0.255 e. The Bertz CT molecular complexity index is 2840. The molecule has 0 aliphatic rings. The predicted molar refractivity (Wildman–Crippen MR) is 301 cm³/mol. The lowest BCUT2D eigenvalue weighted by atomic mass is 9.12. The van der Waals surface area contributed by atoms with Gasteiger partial charge in [0.25, 0.3) is 5.82 Å². The van der Waals surface area contributed by atoms with E-state index in [1.165, 1.54) is 222 Å². The molecule has 0 unspecified atom stereocenters. The van der Waals surface area contributed by atoms with Gasteiger partial charge in [-0.3, -0.25) is 0 Å². The van der Waals surface area contributed by atoms with Crippen LogP contribution in [0.5, 0.6) is 0 Å². The summed E-state index contributed by atoms with van der Waals surface area (Å²) in [6, 6.07) is 8.95. The summed E-state index contributed by atoms with van der Waals surface area (Å²) in [5.74, 6) is -69.9. The van der Waals surface area contributed by atoms with Crippen molar-refractivity contribution in [2.24, 2.45) is 0 Å². The fourth-order valence-electron chi connectivity index (χ4n) is 11.8. The first-order chi connectivity index (χ1) is 42.1. The van der Waals surface area contributed by atoms with Crippen molar-refractivity contribution in [2.45, 2.75) is 219 Å². The highest BCUT2D eigenvalue weighted by Gasteiger charge is 2.52. The van der Waals surface area contributed by atoms with Crippen molar-refractivity contribution in [3.05, 3.63) is 146 Å². The van der Waals surface area contributed by atoms with E-state index in [1.54, 1.807) is 0 Å². The second kappa shape index (κ2) is 35.6. The van der Waals surface area contributed by atoms with E-state index in [1.807, 2.05) is 0 Å². The van der Waals surface area contributed by atoms with Gasteiger partial charge in [0.05, 0.1) is 6.54 Å². The van der Waals surface area contributed by atoms with Crippen LogP contribution in [0.2, 0.25) is 0 Å². The highest BCUT2D eigenvalue weighted by molar-refractivity contribution is 7.20. The molecule has 0 spiro atoms. The first-order valence-corrected chi connectivity index (χ1v) is 30.8. The van der Waals surface area contributed by atoms with Crippen molar-refractivity contribution in [3.63, 3.8) is 0 Å². The third-order valence-corrected chi connectivity index (χ3v) is 16.5. The molecule has 0 saturated carbocycles. The van der Waals surface area contributed by atoms with Gasteiger partial charge in [-0.05, 0) is 31.4 Å². The molecule has 0 radical (unpaired) electrons. The molecule has 1 N–H and O–H groups in total. The Hall–Kier alpha value is -5.77. The SMILES string of the molecule is CCCCCCCCCCCCCCCCCc1[nH]c2ccccc2[n+]1CCCCCCCCCCCCCCCCC.Fc1c(F)c(F)c([B-](c2c(F)c(F)c(F)c(F)c2F)(c2c(F)c(F)c(F)c(F)c2F)c2c(F)c(F)c(F)c(F)c2F)c(F)c1F. The number of imidazole rings is 1. The molecule has 0 fully saturated rings. The van der Waals surface area contributed by atoms with Crippen LogP contribution in [0, 0.1) is 116 Å². The molecule has 1 aromatic heterocycles. The van der Waals surface area contributed by atoms with Crippen molar-refractivity contribution >= 4 is 39.0 Å². The van der Waals surface area contributed by atoms with Crippen LogP contribution in [0.15, 0.2) is 24.3 Å². The van der Waals surface area contributed by atoms with Crippen LogP contribution in [0.1, 0.15) is 212 Å². The van der Waals surface area contributed by atoms with E-state index in [9.17, 15) is 52.7 Å². The smallest absolute Gasteiger partial charge is 0.241 e. The van der Waals surface area contributed by atoms with E-state index in [0.717, 1.165) is 0 Å². The molecule has 5 aromatic carbocycles. The zero-order valence-corrected chi connectivity index (χ0v) is 49.5. The zero-order chi connectivity index (χ0) is 64.8. The predicted octanol–water partition coefficient (Wildman–Crippen LogP) is 19.6. The number of halogens is 20. The second-order valence-corrected chi connectivity index (χ2v) is 22.7. The average Bonchev–Trinajstić information content (AvgIpc) is 0.786. The number of rotatable bonds is 36. The molecule has 0 saturated heterocycles. The number of aryl methyl sites for hydroxylation is 2. The van der Waals surface area contributed by atoms with E-state index < -0.39 is 144 Å². The summed E-state index contributed by atoms with van der Waals surface area (Å²) in [5.41, 5.74) is -11.6. The number of aromatic nitrogens is 2. The maximum absolute atomic E-state index is 15.4. The standard InChI is InChI=1S/C41H74N2.C24BF20/c1-3-5-7-9-11-13-15-17-19-21-23-25-27-29-31-37-41-42-39-35-32-33-36-40(39)43(41)38-34-30-28-26-24-22-20-18-16-14-12-10-8-6-4-2;26-5-1(6(27)14(35)21(42)13(5)34)25(2-7(28)15(36)22(43)16(37)8(2)29,3-9(30)17(38)23(44)18(39)10(3)31)4-11(32)19(40)24(45)20(41)12(4)33/h32-33,35-36H,3-31,34,37-38H2,1-2H3;/q;-1/p+1. The third kappa shape index (κ3) is 17.2. The Labute approximate surface area is 500 Å². The lowest BCUT2D eigenvalue weighted by Gasteiger charge is -2.44. The van der Waals surface area contributed by atoms with Gasteiger partial charge in [-0.15, -0.1) is 21.9 Å². The molecule has 0 bridgehead atoms. The van der Waals surface area contributed by atoms with Crippen molar-refractivity contribution in [1.29, 1.82) is 0 Å². The number of nitrogens with zero attached hydrogens (tertiary/aromatic N) is 1. The summed E-state index contributed by atoms with van der Waals surface area (Å²) < 4.78 is 297. The van der Waals surface area contributed by atoms with Gasteiger partial charge in [-0.2, -0.15) is 0 Å². The molecule has 1 heterocycles. The number of fused-ring (bicyclic) bond motifs is 1. The van der Waals surface area contributed by atoms with E-state index in [4.69, 9.17) is 0 Å². The van der Waals surface area contributed by atoms with Crippen LogP contribution in [0.3, 0.4) is 0 Å². The zero-order valence-electron chi connectivity index (χ0n) is 49.5. The highest BCUT2D eigenvalue weighted by atomic mass is 19.2. The van der Waals surface area contributed by atoms with E-state index in [-0.39, 0.29) is 0 Å². The average molecular weight is 1280 g/mol. The number of nitrogens with one attached hydrogen (secondary N) is 1. The van der Waals surface area contributed by atoms with Gasteiger partial charge in [-0.1, -0.05) is 199 Å². The molecule has 0 aliphatic carbocycles. The maximum atomic E-state index is 15.4. The first-order valence-electron chi connectivity index (χ1n) is 30.8. The minimum absolute atomic E-state index is 1.18. The topological polar surface area (TPSA) is 19.7 Å². The fourth-order valence-corrected chi connectivity index (χ4v) is 11.8. The Morgan fingerprint density at radius 2 is 0.489 bits per heavy atom. The molecule has 0 aliphatic heterocycles. The Morgan fingerprint density at radius 3 is 0.750 bits per heavy atom. The second-order valence-electron chi connectivity index (χ2n) is 22.7. The first kappa shape index (κ1) is 73.0. The number of unbranched alkanes of at least 4 members (excludes halogenated alkanes) is 28. The Morgan fingerprint density at radius 1 is 0.273 bits per heavy atom. The maximum Gasteiger partial charge on any atom is 0.255 e. The summed E-state index contributed by atoms with van der Waals surface area (Å²) >= 11 is 0. The minimum atomic E-state index is -7.22. The van der Waals surface area contributed by atoms with Gasteiger partial charge in [0.1, 0.15) is 52.7 Å². The monoisotopic (exact) mass is 1270 g/mol. The number of benzene rings is 5. The molecular weight excluding hydrogens is 1200 g/mol. The summed E-state index contributed by atoms with van der Waals surface area (Å²) in [6.45, 7) is 5.79. The van der Waals surface area contributed by atoms with Gasteiger partial charge in [0, 0.05) is 6.42 Å². The lowest BCUT2D eigenvalue weighted by Crippen LogP contribution is -2.81. The van der Waals surface area contributed by atoms with Crippen LogP contribution in [-0.2, 0) is 13.0 Å². The molecule has 23 heteroatoms. The summed E-state index contributed by atoms with van der Waals surface area (Å²) in [5, 5.41) is 0. The van der Waals surface area contributed by atoms with Crippen molar-refractivity contribution in [1.82, 2.24) is 4.98 Å². The minimum Gasteiger partial charge on any atom is -0.241 e. The van der Waals surface area contributed by atoms with E-state index in [2.05, 4.69) is 47.7 Å². The fraction of sp³-hybridized carbons (Fsp3) is 0.523. The molecule has 2 nitrogen and oxygen atoms in total. The van der Waals surface area contributed by atoms with Crippen molar-refractivity contribution in [2.75, 3.05) is 0 Å². The van der Waals surface area contributed by atoms with Crippen LogP contribution in [-0.4, -0.2) is 11.1 Å². The van der Waals surface area contributed by atoms with Crippen molar-refractivity contribution < 1.29 is 92.4 Å². The Kier molecular flexibility index (Phi) is 29.5. The molecular formula is C65H75BF20N2. The summed E-state index contributed by atoms with van der Waals surface area (Å²) in [6.07, 6.45) is 37.0. The lowest BCUT2D eigenvalue weighted by molar-refractivity contribution is -0.679. The molecule has 0 atom stereocenters. The van der Waals surface area contributed by atoms with Gasteiger partial charge in [0.15, 0.2) is 80.8 Å². The molecule has 0 amide bonds. The van der Waals surface area contributed by atoms with Crippen LogP contribution in [0.4, 0.5) is 87.8 Å². The van der Waals surface area contributed by atoms with Crippen LogP contribution < -0.4 is 26.4 Å². The van der Waals surface area contributed by atoms with Gasteiger partial charge >= 0.3 is 0 Å². The van der Waals surface area contributed by atoms with Gasteiger partial charge in [-0.25, -0.2) is 97.4 Å². The number of hydrogen-bond donors (Lipinski definition) is 1. The van der Waals surface area contributed by atoms with Crippen LogP contribution >= 0.6 is 0 Å². The third-order valence-electron chi connectivity index (χ3n) is 16.5. The molecule has 6 aromatic rings. The number of hydrogen-bond acceptors (Lipinski definition) is 0. The molecule has 88 heavy (non-hydrogen) atoms. The number of para-hydroxylation sites is 2. The van der Waals surface area contributed by atoms with Crippen molar-refractivity contribution in [3.8, 4) is 0 Å². The van der Waals surface area contributed by atoms with Gasteiger partial charge < -0.3 is 0 Å². The number of aromatic amines is 1.